The van der Waals surface area contributed by atoms with Crippen molar-refractivity contribution in [3.8, 4) is 0 Å². The van der Waals surface area contributed by atoms with Crippen LogP contribution in [-0.2, 0) is 10.0 Å². The summed E-state index contributed by atoms with van der Waals surface area (Å²) in [4.78, 5) is 0. The van der Waals surface area contributed by atoms with E-state index in [4.69, 9.17) is 0 Å². The summed E-state index contributed by atoms with van der Waals surface area (Å²) in [5.74, 6) is 2.38. The second-order valence-electron chi connectivity index (χ2n) is 3.78. The maximum atomic E-state index is 11.6. The molecule has 0 amide bonds. The summed E-state index contributed by atoms with van der Waals surface area (Å²) < 4.78 is 26.0. The molecule has 4 nitrogen and oxygen atoms in total. The van der Waals surface area contributed by atoms with Crippen LogP contribution in [0.1, 0.15) is 19.3 Å². The fourth-order valence-corrected chi connectivity index (χ4v) is 4.06. The molecule has 0 aliphatic carbocycles. The molecule has 1 rings (SSSR count). The van der Waals surface area contributed by atoms with Crippen molar-refractivity contribution in [2.75, 3.05) is 30.9 Å². The number of thioether (sulfide) groups is 1. The van der Waals surface area contributed by atoms with Crippen LogP contribution in [0.5, 0.6) is 0 Å². The Bertz CT molecular complexity index is 261. The zero-order chi connectivity index (χ0) is 11.1. The predicted octanol–water partition coefficient (Wildman–Crippen LogP) is 0.411. The minimum atomic E-state index is -3.05. The van der Waals surface area contributed by atoms with E-state index in [2.05, 4.69) is 10.0 Å². The van der Waals surface area contributed by atoms with Gasteiger partial charge in [0.15, 0.2) is 0 Å². The molecular weight excluding hydrogens is 232 g/mol. The van der Waals surface area contributed by atoms with Crippen molar-refractivity contribution in [2.45, 2.75) is 25.3 Å². The number of hydrogen-bond acceptors (Lipinski definition) is 4. The summed E-state index contributed by atoms with van der Waals surface area (Å²) >= 11 is 1.90. The third kappa shape index (κ3) is 5.75. The summed E-state index contributed by atoms with van der Waals surface area (Å²) in [5, 5.41) is 2.95. The van der Waals surface area contributed by atoms with Crippen molar-refractivity contribution in [3.63, 3.8) is 0 Å². The molecule has 1 fully saturated rings. The van der Waals surface area contributed by atoms with Crippen LogP contribution in [0.4, 0.5) is 0 Å². The molecule has 0 aromatic heterocycles. The van der Waals surface area contributed by atoms with Gasteiger partial charge in [-0.25, -0.2) is 13.1 Å². The molecule has 0 unspecified atom stereocenters. The maximum absolute atomic E-state index is 11.6. The first-order chi connectivity index (χ1) is 7.14. The monoisotopic (exact) mass is 252 g/mol. The van der Waals surface area contributed by atoms with Gasteiger partial charge in [0.1, 0.15) is 0 Å². The molecule has 0 aromatic rings. The third-order valence-corrected chi connectivity index (χ3v) is 4.97. The highest BCUT2D eigenvalue weighted by molar-refractivity contribution is 7.99. The summed E-state index contributed by atoms with van der Waals surface area (Å²) in [7, 11) is -1.22. The Hall–Kier alpha value is 0.220. The van der Waals surface area contributed by atoms with Crippen LogP contribution >= 0.6 is 11.8 Å². The van der Waals surface area contributed by atoms with Gasteiger partial charge in [0.05, 0.1) is 5.75 Å². The van der Waals surface area contributed by atoms with Crippen molar-refractivity contribution in [3.05, 3.63) is 0 Å². The summed E-state index contributed by atoms with van der Waals surface area (Å²) in [6.07, 6.45) is 2.61. The van der Waals surface area contributed by atoms with E-state index < -0.39 is 10.0 Å². The quantitative estimate of drug-likeness (QED) is 0.672. The van der Waals surface area contributed by atoms with E-state index in [0.29, 0.717) is 6.42 Å². The number of nitrogens with one attached hydrogen (secondary N) is 2. The molecule has 15 heavy (non-hydrogen) atoms. The normalized spacial score (nSPS) is 19.3. The van der Waals surface area contributed by atoms with Crippen LogP contribution in [-0.4, -0.2) is 45.3 Å². The number of hydrogen-bond donors (Lipinski definition) is 2. The smallest absolute Gasteiger partial charge is 0.211 e. The molecule has 0 atom stereocenters. The minimum Gasteiger partial charge on any atom is -0.320 e. The predicted molar refractivity (Wildman–Crippen MR) is 65.8 cm³/mol. The van der Waals surface area contributed by atoms with Crippen molar-refractivity contribution >= 4 is 21.8 Å². The van der Waals surface area contributed by atoms with Crippen molar-refractivity contribution in [2.24, 2.45) is 0 Å². The molecule has 0 spiro atoms. The summed E-state index contributed by atoms with van der Waals surface area (Å²) in [5.41, 5.74) is 0. The second-order valence-corrected chi connectivity index (χ2v) is 6.88. The molecule has 0 aromatic carbocycles. The van der Waals surface area contributed by atoms with Gasteiger partial charge in [0.2, 0.25) is 10.0 Å². The Balaban J connectivity index is 2.27. The van der Waals surface area contributed by atoms with E-state index in [1.54, 1.807) is 0 Å². The summed E-state index contributed by atoms with van der Waals surface area (Å²) in [6.45, 7) is 0.751. The van der Waals surface area contributed by atoms with Gasteiger partial charge in [-0.2, -0.15) is 11.8 Å². The second kappa shape index (κ2) is 6.73. The molecule has 0 bridgehead atoms. The van der Waals surface area contributed by atoms with Gasteiger partial charge in [0.25, 0.3) is 0 Å². The lowest BCUT2D eigenvalue weighted by atomic mass is 10.2. The molecular formula is C9H20N2O2S2. The first-order valence-corrected chi connectivity index (χ1v) is 8.17. The first kappa shape index (κ1) is 13.3. The average molecular weight is 252 g/mol. The van der Waals surface area contributed by atoms with E-state index in [-0.39, 0.29) is 11.8 Å². The van der Waals surface area contributed by atoms with E-state index in [9.17, 15) is 8.42 Å². The van der Waals surface area contributed by atoms with Crippen LogP contribution in [0, 0.1) is 0 Å². The zero-order valence-electron chi connectivity index (χ0n) is 9.16. The maximum Gasteiger partial charge on any atom is 0.211 e. The number of sulfonamides is 1. The van der Waals surface area contributed by atoms with Crippen LogP contribution < -0.4 is 10.0 Å². The Labute approximate surface area is 96.6 Å². The highest BCUT2D eigenvalue weighted by Gasteiger charge is 2.19. The Kier molecular flexibility index (Phi) is 5.96. The van der Waals surface area contributed by atoms with Crippen LogP contribution in [0.3, 0.4) is 0 Å². The highest BCUT2D eigenvalue weighted by atomic mass is 32.2. The lowest BCUT2D eigenvalue weighted by Gasteiger charge is -2.22. The Morgan fingerprint density at radius 2 is 2.00 bits per heavy atom. The van der Waals surface area contributed by atoms with Crippen LogP contribution in [0.15, 0.2) is 0 Å². The average Bonchev–Trinajstić information content (AvgIpc) is 2.18. The Morgan fingerprint density at radius 3 is 2.60 bits per heavy atom. The highest BCUT2D eigenvalue weighted by Crippen LogP contribution is 2.17. The van der Waals surface area contributed by atoms with Gasteiger partial charge >= 0.3 is 0 Å². The molecule has 0 radical (unpaired) electrons. The fraction of sp³-hybridized carbons (Fsp3) is 1.00. The molecule has 1 heterocycles. The van der Waals surface area contributed by atoms with Gasteiger partial charge in [-0.05, 0) is 44.4 Å². The molecule has 1 saturated heterocycles. The van der Waals surface area contributed by atoms with Crippen molar-refractivity contribution in [1.29, 1.82) is 0 Å². The van der Waals surface area contributed by atoms with Gasteiger partial charge in [0, 0.05) is 6.04 Å². The lowest BCUT2D eigenvalue weighted by molar-refractivity contribution is 0.526. The van der Waals surface area contributed by atoms with Crippen LogP contribution in [0.2, 0.25) is 0 Å². The van der Waals surface area contributed by atoms with E-state index in [1.807, 2.05) is 18.8 Å². The topological polar surface area (TPSA) is 58.2 Å². The van der Waals surface area contributed by atoms with Crippen molar-refractivity contribution < 1.29 is 8.42 Å². The minimum absolute atomic E-state index is 0.172. The van der Waals surface area contributed by atoms with Gasteiger partial charge in [-0.1, -0.05) is 0 Å². The third-order valence-electron chi connectivity index (χ3n) is 2.41. The molecule has 2 N–H and O–H groups in total. The van der Waals surface area contributed by atoms with E-state index in [1.165, 1.54) is 0 Å². The van der Waals surface area contributed by atoms with Gasteiger partial charge in [-0.3, -0.25) is 0 Å². The number of rotatable bonds is 6. The fourth-order valence-electron chi connectivity index (χ4n) is 1.57. The molecule has 1 aliphatic heterocycles. The first-order valence-electron chi connectivity index (χ1n) is 5.36. The summed E-state index contributed by atoms with van der Waals surface area (Å²) in [6, 6.07) is 0.172. The molecule has 6 heteroatoms. The lowest BCUT2D eigenvalue weighted by Crippen LogP contribution is -2.39. The van der Waals surface area contributed by atoms with E-state index in [0.717, 1.165) is 30.9 Å². The van der Waals surface area contributed by atoms with Gasteiger partial charge < -0.3 is 5.32 Å². The largest absolute Gasteiger partial charge is 0.320 e. The Morgan fingerprint density at radius 1 is 1.33 bits per heavy atom. The molecule has 1 aliphatic rings. The SMILES string of the molecule is CNCCCS(=O)(=O)NC1CCSCC1. The van der Waals surface area contributed by atoms with Crippen LogP contribution in [0.25, 0.3) is 0 Å². The van der Waals surface area contributed by atoms with E-state index >= 15 is 0 Å². The van der Waals surface area contributed by atoms with Crippen molar-refractivity contribution in [1.82, 2.24) is 10.0 Å². The van der Waals surface area contributed by atoms with Gasteiger partial charge in [-0.15, -0.1) is 0 Å². The standard InChI is InChI=1S/C9H20N2O2S2/c1-10-5-2-8-15(12,13)11-9-3-6-14-7-4-9/h9-11H,2-8H2,1H3. The zero-order valence-corrected chi connectivity index (χ0v) is 10.8. The molecule has 90 valence electrons. The molecule has 0 saturated carbocycles.